The summed E-state index contributed by atoms with van der Waals surface area (Å²) >= 11 is 0. The van der Waals surface area contributed by atoms with E-state index < -0.39 is 5.97 Å². The van der Waals surface area contributed by atoms with Gasteiger partial charge in [0.1, 0.15) is 0 Å². The van der Waals surface area contributed by atoms with Gasteiger partial charge >= 0.3 is 5.97 Å². The van der Waals surface area contributed by atoms with Gasteiger partial charge in [-0.15, -0.1) is 6.58 Å². The number of fused-ring (bicyclic) bond motifs is 1. The van der Waals surface area contributed by atoms with Crippen LogP contribution in [0.1, 0.15) is 16.8 Å². The molecule has 0 radical (unpaired) electrons. The summed E-state index contributed by atoms with van der Waals surface area (Å²) in [6.45, 7) is 4.12. The molecule has 1 aromatic heterocycles. The Morgan fingerprint density at radius 1 is 1.39 bits per heavy atom. The van der Waals surface area contributed by atoms with Crippen molar-refractivity contribution >= 4 is 16.9 Å². The van der Waals surface area contributed by atoms with Crippen molar-refractivity contribution in [3.63, 3.8) is 0 Å². The predicted octanol–water partition coefficient (Wildman–Crippen LogP) is 2.28. The zero-order chi connectivity index (χ0) is 13.1. The summed E-state index contributed by atoms with van der Waals surface area (Å²) in [5.41, 5.74) is 0.391. The Morgan fingerprint density at radius 3 is 2.78 bits per heavy atom. The molecule has 0 fully saturated rings. The number of aryl methyl sites for hydroxylation is 1. The molecule has 0 aliphatic rings. The largest absolute Gasteiger partial charge is 0.478 e. The molecule has 2 rings (SSSR count). The van der Waals surface area contributed by atoms with Crippen LogP contribution in [0, 0.1) is 0 Å². The molecule has 0 aliphatic heterocycles. The predicted molar refractivity (Wildman–Crippen MR) is 70.0 cm³/mol. The molecule has 4 nitrogen and oxygen atoms in total. The van der Waals surface area contributed by atoms with Gasteiger partial charge in [-0.2, -0.15) is 0 Å². The third-order valence-corrected chi connectivity index (χ3v) is 2.81. The van der Waals surface area contributed by atoms with Crippen LogP contribution in [-0.4, -0.2) is 15.6 Å². The van der Waals surface area contributed by atoms with Crippen LogP contribution >= 0.6 is 0 Å². The zero-order valence-corrected chi connectivity index (χ0v) is 9.80. The molecule has 0 saturated heterocycles. The summed E-state index contributed by atoms with van der Waals surface area (Å²) in [5.74, 6) is -1.08. The van der Waals surface area contributed by atoms with Crippen LogP contribution in [0.4, 0.5) is 0 Å². The van der Waals surface area contributed by atoms with E-state index in [1.165, 1.54) is 6.07 Å². The Kier molecular flexibility index (Phi) is 3.28. The van der Waals surface area contributed by atoms with E-state index >= 15 is 0 Å². The quantitative estimate of drug-likeness (QED) is 0.838. The molecule has 1 heterocycles. The summed E-state index contributed by atoms with van der Waals surface area (Å²) in [6.07, 6.45) is 2.39. The third kappa shape index (κ3) is 2.05. The average Bonchev–Trinajstić information content (AvgIpc) is 2.36. The summed E-state index contributed by atoms with van der Waals surface area (Å²) in [6, 6.07) is 8.19. The van der Waals surface area contributed by atoms with Crippen molar-refractivity contribution in [3.05, 3.63) is 58.9 Å². The molecule has 1 aromatic carbocycles. The SMILES string of the molecule is C=CCCn1c(=O)cc(C(=O)O)c2ccccc21. The highest BCUT2D eigenvalue weighted by Crippen LogP contribution is 2.17. The van der Waals surface area contributed by atoms with Gasteiger partial charge in [-0.05, 0) is 12.5 Å². The average molecular weight is 243 g/mol. The number of hydrogen-bond donors (Lipinski definition) is 1. The van der Waals surface area contributed by atoms with E-state index in [2.05, 4.69) is 6.58 Å². The molecule has 18 heavy (non-hydrogen) atoms. The minimum atomic E-state index is -1.08. The van der Waals surface area contributed by atoms with Crippen molar-refractivity contribution in [2.75, 3.05) is 0 Å². The van der Waals surface area contributed by atoms with E-state index in [9.17, 15) is 9.59 Å². The van der Waals surface area contributed by atoms with Crippen molar-refractivity contribution < 1.29 is 9.90 Å². The number of rotatable bonds is 4. The lowest BCUT2D eigenvalue weighted by atomic mass is 10.1. The number of carboxylic acids is 1. The highest BCUT2D eigenvalue weighted by molar-refractivity contribution is 6.02. The van der Waals surface area contributed by atoms with E-state index in [0.717, 1.165) is 0 Å². The summed E-state index contributed by atoms with van der Waals surface area (Å²) in [5, 5.41) is 9.69. The molecule has 0 spiro atoms. The fourth-order valence-electron chi connectivity index (χ4n) is 1.96. The Labute approximate surface area is 104 Å². The molecular weight excluding hydrogens is 230 g/mol. The van der Waals surface area contributed by atoms with E-state index in [-0.39, 0.29) is 11.1 Å². The number of nitrogens with zero attached hydrogens (tertiary/aromatic N) is 1. The van der Waals surface area contributed by atoms with Crippen LogP contribution in [0.15, 0.2) is 47.8 Å². The van der Waals surface area contributed by atoms with Gasteiger partial charge in [0, 0.05) is 18.0 Å². The zero-order valence-electron chi connectivity index (χ0n) is 9.80. The van der Waals surface area contributed by atoms with Crippen LogP contribution in [0.3, 0.4) is 0 Å². The Morgan fingerprint density at radius 2 is 2.11 bits per heavy atom. The first-order chi connectivity index (χ1) is 8.65. The maximum Gasteiger partial charge on any atom is 0.336 e. The first-order valence-electron chi connectivity index (χ1n) is 5.62. The van der Waals surface area contributed by atoms with Gasteiger partial charge < -0.3 is 9.67 Å². The lowest BCUT2D eigenvalue weighted by Gasteiger charge is -2.10. The molecule has 0 saturated carbocycles. The van der Waals surface area contributed by atoms with Gasteiger partial charge in [-0.25, -0.2) is 4.79 Å². The molecule has 0 aliphatic carbocycles. The van der Waals surface area contributed by atoms with E-state index in [4.69, 9.17) is 5.11 Å². The number of carboxylic acid groups (broad SMARTS) is 1. The smallest absolute Gasteiger partial charge is 0.336 e. The molecule has 0 unspecified atom stereocenters. The second-order valence-electron chi connectivity index (χ2n) is 3.95. The van der Waals surface area contributed by atoms with Crippen LogP contribution in [0.25, 0.3) is 10.9 Å². The number of aromatic nitrogens is 1. The normalized spacial score (nSPS) is 10.4. The molecule has 92 valence electrons. The van der Waals surface area contributed by atoms with Crippen molar-refractivity contribution in [2.45, 2.75) is 13.0 Å². The Balaban J connectivity index is 2.77. The minimum absolute atomic E-state index is 0.0467. The lowest BCUT2D eigenvalue weighted by Crippen LogP contribution is -2.21. The van der Waals surface area contributed by atoms with Crippen molar-refractivity contribution in [3.8, 4) is 0 Å². The number of pyridine rings is 1. The fourth-order valence-corrected chi connectivity index (χ4v) is 1.96. The van der Waals surface area contributed by atoms with Gasteiger partial charge in [0.15, 0.2) is 0 Å². The Hall–Kier alpha value is -2.36. The topological polar surface area (TPSA) is 59.3 Å². The van der Waals surface area contributed by atoms with Crippen molar-refractivity contribution in [1.82, 2.24) is 4.57 Å². The van der Waals surface area contributed by atoms with Gasteiger partial charge in [0.05, 0.1) is 11.1 Å². The number of carbonyl (C=O) groups is 1. The second kappa shape index (κ2) is 4.87. The molecular formula is C14H13NO3. The van der Waals surface area contributed by atoms with Crippen LogP contribution in [0.2, 0.25) is 0 Å². The highest BCUT2D eigenvalue weighted by Gasteiger charge is 2.12. The summed E-state index contributed by atoms with van der Waals surface area (Å²) in [7, 11) is 0. The van der Waals surface area contributed by atoms with Gasteiger partial charge in [0.2, 0.25) is 0 Å². The number of para-hydroxylation sites is 1. The monoisotopic (exact) mass is 243 g/mol. The van der Waals surface area contributed by atoms with Gasteiger partial charge in [0.25, 0.3) is 5.56 Å². The molecule has 2 aromatic rings. The second-order valence-corrected chi connectivity index (χ2v) is 3.95. The lowest BCUT2D eigenvalue weighted by molar-refractivity contribution is 0.0698. The minimum Gasteiger partial charge on any atom is -0.478 e. The third-order valence-electron chi connectivity index (χ3n) is 2.81. The van der Waals surface area contributed by atoms with Crippen molar-refractivity contribution in [1.29, 1.82) is 0 Å². The number of aromatic carboxylic acids is 1. The van der Waals surface area contributed by atoms with E-state index in [1.807, 2.05) is 0 Å². The first-order valence-corrected chi connectivity index (χ1v) is 5.62. The molecule has 1 N–H and O–H groups in total. The van der Waals surface area contributed by atoms with Crippen LogP contribution in [-0.2, 0) is 6.54 Å². The standard InChI is InChI=1S/C14H13NO3/c1-2-3-8-15-12-7-5-4-6-10(12)11(14(17)18)9-13(15)16/h2,4-7,9H,1,3,8H2,(H,17,18). The number of hydrogen-bond acceptors (Lipinski definition) is 2. The highest BCUT2D eigenvalue weighted by atomic mass is 16.4. The first kappa shape index (κ1) is 12.1. The molecule has 0 bridgehead atoms. The number of benzene rings is 1. The van der Waals surface area contributed by atoms with Crippen LogP contribution in [0.5, 0.6) is 0 Å². The fraction of sp³-hybridized carbons (Fsp3) is 0.143. The molecule has 4 heteroatoms. The summed E-state index contributed by atoms with van der Waals surface area (Å²) < 4.78 is 1.57. The van der Waals surface area contributed by atoms with Gasteiger partial charge in [-0.3, -0.25) is 4.79 Å². The number of allylic oxidation sites excluding steroid dienone is 1. The summed E-state index contributed by atoms with van der Waals surface area (Å²) in [4.78, 5) is 23.1. The van der Waals surface area contributed by atoms with E-state index in [0.29, 0.717) is 23.9 Å². The van der Waals surface area contributed by atoms with Crippen LogP contribution < -0.4 is 5.56 Å². The maximum atomic E-state index is 11.9. The van der Waals surface area contributed by atoms with Gasteiger partial charge in [-0.1, -0.05) is 24.3 Å². The van der Waals surface area contributed by atoms with E-state index in [1.54, 1.807) is 34.9 Å². The molecule has 0 atom stereocenters. The molecule has 0 amide bonds. The Bertz CT molecular complexity index is 670. The maximum absolute atomic E-state index is 11.9. The van der Waals surface area contributed by atoms with Crippen molar-refractivity contribution in [2.24, 2.45) is 0 Å².